The smallest absolute Gasteiger partial charge is 0.0732 e. The molecular formula is C62H40N2S. The summed E-state index contributed by atoms with van der Waals surface area (Å²) >= 11 is 1.86. The molecule has 10 aromatic carbocycles. The van der Waals surface area contributed by atoms with Crippen molar-refractivity contribution in [3.05, 3.63) is 247 Å². The molecule has 13 rings (SSSR count). The van der Waals surface area contributed by atoms with Crippen molar-refractivity contribution in [1.82, 2.24) is 4.57 Å². The van der Waals surface area contributed by atoms with Crippen LogP contribution in [0.25, 0.3) is 102 Å². The average Bonchev–Trinajstić information content (AvgIpc) is 3.89. The van der Waals surface area contributed by atoms with Gasteiger partial charge in [-0.2, -0.15) is 0 Å². The Balaban J connectivity index is 1.12. The van der Waals surface area contributed by atoms with Crippen molar-refractivity contribution in [3.8, 4) is 16.8 Å². The van der Waals surface area contributed by atoms with E-state index < -0.39 is 0 Å². The fourth-order valence-corrected chi connectivity index (χ4v) is 11.3. The van der Waals surface area contributed by atoms with E-state index in [-0.39, 0.29) is 0 Å². The maximum absolute atomic E-state index is 5.80. The molecule has 65 heavy (non-hydrogen) atoms. The van der Waals surface area contributed by atoms with Crippen molar-refractivity contribution in [2.45, 2.75) is 6.42 Å². The van der Waals surface area contributed by atoms with E-state index in [9.17, 15) is 0 Å². The van der Waals surface area contributed by atoms with E-state index in [4.69, 9.17) is 11.6 Å². The normalized spacial score (nSPS) is 14.3. The molecule has 0 bridgehead atoms. The molecule has 0 spiro atoms. The maximum Gasteiger partial charge on any atom is 0.0732 e. The Kier molecular flexibility index (Phi) is 8.65. The van der Waals surface area contributed by atoms with Gasteiger partial charge >= 0.3 is 0 Å². The molecule has 0 atom stereocenters. The fourth-order valence-electron chi connectivity index (χ4n) is 10.2. The summed E-state index contributed by atoms with van der Waals surface area (Å²) in [5.74, 6) is 0. The van der Waals surface area contributed by atoms with Crippen molar-refractivity contribution in [2.75, 3.05) is 0 Å². The molecule has 12 aromatic rings. The van der Waals surface area contributed by atoms with Crippen LogP contribution in [0.1, 0.15) is 23.1 Å². The molecule has 3 heterocycles. The van der Waals surface area contributed by atoms with E-state index in [0.29, 0.717) is 6.42 Å². The third-order valence-corrected chi connectivity index (χ3v) is 14.4. The lowest BCUT2D eigenvalue weighted by molar-refractivity contribution is 1.17. The summed E-state index contributed by atoms with van der Waals surface area (Å²) < 4.78 is 5.00. The number of aromatic nitrogens is 1. The number of thiophene rings is 1. The zero-order valence-corrected chi connectivity index (χ0v) is 36.3. The van der Waals surface area contributed by atoms with Crippen LogP contribution in [0.3, 0.4) is 0 Å². The lowest BCUT2D eigenvalue weighted by Crippen LogP contribution is -2.06. The molecule has 0 saturated carbocycles. The van der Waals surface area contributed by atoms with Crippen molar-refractivity contribution in [1.29, 1.82) is 0 Å². The third-order valence-electron chi connectivity index (χ3n) is 13.3. The Morgan fingerprint density at radius 2 is 1.12 bits per heavy atom. The molecule has 0 aliphatic carbocycles. The zero-order valence-electron chi connectivity index (χ0n) is 35.5. The van der Waals surface area contributed by atoms with Gasteiger partial charge in [-0.3, -0.25) is 4.99 Å². The fraction of sp³-hybridized carbons (Fsp3) is 0.0161. The molecule has 0 unspecified atom stereocenters. The highest BCUT2D eigenvalue weighted by atomic mass is 32.1. The molecule has 0 radical (unpaired) electrons. The van der Waals surface area contributed by atoms with Crippen LogP contribution in [-0.4, -0.2) is 10.3 Å². The van der Waals surface area contributed by atoms with E-state index in [2.05, 4.69) is 223 Å². The predicted molar refractivity (Wildman–Crippen MR) is 281 cm³/mol. The first-order chi connectivity index (χ1) is 32.1. The largest absolute Gasteiger partial charge is 0.308 e. The number of hydrogen-bond donors (Lipinski definition) is 0. The quantitative estimate of drug-likeness (QED) is 0.164. The van der Waals surface area contributed by atoms with Crippen LogP contribution in [0.2, 0.25) is 0 Å². The second-order valence-electron chi connectivity index (χ2n) is 17.1. The standard InChI is InChI=1S/C62H40N2S/c1-39-32-56(63-55(48-27-26-41-16-5-6-18-43(41)34-48)30-29-49(39)47-22-13-21-44(33-47)40-14-3-2-4-15-40)53-37-54-61(65-60-31-28-42-17-9-10-23-50(42)62(54)60)38-59(53)64-57-25-12-11-24-51(57)52-35-45-19-7-8-20-46(45)36-58(52)64/h2-29,31-38H,1,30H2/b49-29?,56-32-,63-55?. The minimum atomic E-state index is 0.630. The first-order valence-electron chi connectivity index (χ1n) is 22.3. The van der Waals surface area contributed by atoms with Crippen molar-refractivity contribution in [3.63, 3.8) is 0 Å². The Labute approximate surface area is 380 Å². The van der Waals surface area contributed by atoms with Gasteiger partial charge in [-0.05, 0) is 120 Å². The Morgan fingerprint density at radius 3 is 1.97 bits per heavy atom. The van der Waals surface area contributed by atoms with Crippen LogP contribution in [0.4, 0.5) is 0 Å². The van der Waals surface area contributed by atoms with E-state index in [1.165, 1.54) is 79.9 Å². The summed E-state index contributed by atoms with van der Waals surface area (Å²) in [5.41, 5.74) is 13.0. The Hall–Kier alpha value is -8.11. The molecule has 2 aromatic heterocycles. The van der Waals surface area contributed by atoms with Gasteiger partial charge in [0.25, 0.3) is 0 Å². The number of aliphatic imine (C=N–C) groups is 1. The lowest BCUT2D eigenvalue weighted by atomic mass is 9.91. The zero-order chi connectivity index (χ0) is 43.0. The third kappa shape index (κ3) is 6.27. The van der Waals surface area contributed by atoms with Crippen LogP contribution in [0.15, 0.2) is 236 Å². The molecule has 0 N–H and O–H groups in total. The Morgan fingerprint density at radius 1 is 0.446 bits per heavy atom. The summed E-state index contributed by atoms with van der Waals surface area (Å²) in [4.78, 5) is 5.80. The van der Waals surface area contributed by atoms with Gasteiger partial charge in [0.05, 0.1) is 28.1 Å². The number of para-hydroxylation sites is 1. The topological polar surface area (TPSA) is 17.3 Å². The van der Waals surface area contributed by atoms with Crippen molar-refractivity contribution < 1.29 is 0 Å². The highest BCUT2D eigenvalue weighted by Crippen LogP contribution is 2.45. The minimum Gasteiger partial charge on any atom is -0.308 e. The van der Waals surface area contributed by atoms with Crippen LogP contribution >= 0.6 is 11.3 Å². The van der Waals surface area contributed by atoms with Gasteiger partial charge in [0, 0.05) is 42.9 Å². The molecule has 1 aliphatic rings. The van der Waals surface area contributed by atoms with E-state index in [0.717, 1.165) is 50.4 Å². The summed E-state index contributed by atoms with van der Waals surface area (Å²) in [5, 5.41) is 12.3. The summed E-state index contributed by atoms with van der Waals surface area (Å²) in [7, 11) is 0. The molecule has 0 saturated heterocycles. The van der Waals surface area contributed by atoms with E-state index >= 15 is 0 Å². The molecule has 304 valence electrons. The number of fused-ring (bicyclic) bond motifs is 10. The van der Waals surface area contributed by atoms with Gasteiger partial charge in [-0.1, -0.05) is 170 Å². The molecule has 2 nitrogen and oxygen atoms in total. The predicted octanol–water partition coefficient (Wildman–Crippen LogP) is 17.2. The minimum absolute atomic E-state index is 0.630. The average molecular weight is 845 g/mol. The number of benzene rings is 10. The maximum atomic E-state index is 5.80. The van der Waals surface area contributed by atoms with Crippen LogP contribution in [-0.2, 0) is 0 Å². The van der Waals surface area contributed by atoms with Crippen LogP contribution in [0, 0.1) is 0 Å². The Bertz CT molecular complexity index is 4040. The number of nitrogens with zero attached hydrogens (tertiary/aromatic N) is 2. The van der Waals surface area contributed by atoms with E-state index in [1.807, 2.05) is 11.3 Å². The van der Waals surface area contributed by atoms with Gasteiger partial charge < -0.3 is 4.57 Å². The number of hydrogen-bond acceptors (Lipinski definition) is 2. The molecular weight excluding hydrogens is 805 g/mol. The summed E-state index contributed by atoms with van der Waals surface area (Å²) in [6.07, 6.45) is 5.20. The van der Waals surface area contributed by atoms with Gasteiger partial charge in [0.2, 0.25) is 0 Å². The number of allylic oxidation sites excluding steroid dienone is 4. The highest BCUT2D eigenvalue weighted by Gasteiger charge is 2.23. The first kappa shape index (κ1) is 37.4. The second kappa shape index (κ2) is 15.0. The molecule has 0 amide bonds. The summed E-state index contributed by atoms with van der Waals surface area (Å²) in [6.45, 7) is 4.84. The van der Waals surface area contributed by atoms with Gasteiger partial charge in [0.1, 0.15) is 0 Å². The highest BCUT2D eigenvalue weighted by molar-refractivity contribution is 7.26. The monoisotopic (exact) mass is 844 g/mol. The van der Waals surface area contributed by atoms with Gasteiger partial charge in [0.15, 0.2) is 0 Å². The SMILES string of the molecule is C=C1/C=C(/c2cc3c(cc2-n2c4ccccc4c4cc5ccccc5cc42)sc2ccc4ccccc4c23)N=C(c2ccc3ccccc3c2)CC=C1c1cccc(-c2ccccc2)c1. The second-order valence-corrected chi connectivity index (χ2v) is 18.2. The van der Waals surface area contributed by atoms with Crippen LogP contribution in [0.5, 0.6) is 0 Å². The lowest BCUT2D eigenvalue weighted by Gasteiger charge is -2.20. The first-order valence-corrected chi connectivity index (χ1v) is 23.1. The van der Waals surface area contributed by atoms with Crippen LogP contribution < -0.4 is 0 Å². The van der Waals surface area contributed by atoms with Gasteiger partial charge in [-0.15, -0.1) is 11.3 Å². The molecule has 1 aliphatic heterocycles. The van der Waals surface area contributed by atoms with Crippen molar-refractivity contribution in [2.24, 2.45) is 4.99 Å². The summed E-state index contributed by atoms with van der Waals surface area (Å²) in [6, 6.07) is 75.3. The molecule has 3 heteroatoms. The van der Waals surface area contributed by atoms with E-state index in [1.54, 1.807) is 0 Å². The number of rotatable bonds is 5. The van der Waals surface area contributed by atoms with Gasteiger partial charge in [-0.25, -0.2) is 0 Å². The van der Waals surface area contributed by atoms with Crippen molar-refractivity contribution >= 4 is 103 Å². The molecule has 0 fully saturated rings.